The van der Waals surface area contributed by atoms with Gasteiger partial charge in [0.05, 0.1) is 17.6 Å². The molecule has 0 aliphatic carbocycles. The number of rotatable bonds is 9. The first-order chi connectivity index (χ1) is 16.3. The second kappa shape index (κ2) is 10.1. The molecule has 1 atom stereocenters. The largest absolute Gasteiger partial charge is 0.472 e. The molecule has 4 N–H and O–H groups in total. The number of phosphoric ester groups is 1. The highest BCUT2D eigenvalue weighted by atomic mass is 31.2. The summed E-state index contributed by atoms with van der Waals surface area (Å²) >= 11 is 0. The van der Waals surface area contributed by atoms with Crippen LogP contribution in [0.25, 0.3) is 11.3 Å². The molecule has 1 unspecified atom stereocenters. The van der Waals surface area contributed by atoms with Crippen molar-refractivity contribution in [3.63, 3.8) is 0 Å². The van der Waals surface area contributed by atoms with Crippen LogP contribution in [-0.4, -0.2) is 24.9 Å². The van der Waals surface area contributed by atoms with Gasteiger partial charge >= 0.3 is 7.82 Å². The molecule has 0 bridgehead atoms. The molecule has 0 spiro atoms. The van der Waals surface area contributed by atoms with E-state index in [1.54, 1.807) is 36.7 Å². The van der Waals surface area contributed by atoms with Gasteiger partial charge < -0.3 is 19.0 Å². The van der Waals surface area contributed by atoms with Gasteiger partial charge in [-0.15, -0.1) is 0 Å². The van der Waals surface area contributed by atoms with E-state index in [0.29, 0.717) is 29.3 Å². The molecule has 0 saturated heterocycles. The molecule has 0 saturated carbocycles. The SMILES string of the molecule is CC(Oc1ccc(Cc2cc(-c3ccc[n+](COP(=O)(O)O)c3N)on2)cn1)c1ccccn1. The monoisotopic (exact) mass is 484 g/mol. The Hall–Kier alpha value is -3.63. The van der Waals surface area contributed by atoms with Crippen molar-refractivity contribution < 1.29 is 32.7 Å². The molecule has 34 heavy (non-hydrogen) atoms. The Morgan fingerprint density at radius 1 is 1.18 bits per heavy atom. The van der Waals surface area contributed by atoms with Crippen LogP contribution in [0.2, 0.25) is 0 Å². The molecule has 0 fully saturated rings. The molecule has 176 valence electrons. The Morgan fingerprint density at radius 3 is 2.74 bits per heavy atom. The third kappa shape index (κ3) is 6.03. The molecular weight excluding hydrogens is 461 g/mol. The van der Waals surface area contributed by atoms with Crippen molar-refractivity contribution in [2.24, 2.45) is 0 Å². The Morgan fingerprint density at radius 2 is 2.03 bits per heavy atom. The van der Waals surface area contributed by atoms with E-state index in [-0.39, 0.29) is 11.9 Å². The van der Waals surface area contributed by atoms with Crippen LogP contribution in [0.3, 0.4) is 0 Å². The lowest BCUT2D eigenvalue weighted by Crippen LogP contribution is -2.38. The van der Waals surface area contributed by atoms with Gasteiger partial charge in [0.1, 0.15) is 11.7 Å². The third-order valence-corrected chi connectivity index (χ3v) is 5.34. The van der Waals surface area contributed by atoms with Crippen LogP contribution in [0.4, 0.5) is 5.82 Å². The minimum atomic E-state index is -4.63. The molecule has 0 aliphatic rings. The number of nitrogens with zero attached hydrogens (tertiary/aromatic N) is 4. The van der Waals surface area contributed by atoms with Crippen LogP contribution >= 0.6 is 7.82 Å². The maximum Gasteiger partial charge on any atom is 0.472 e. The first kappa shape index (κ1) is 23.5. The van der Waals surface area contributed by atoms with Crippen molar-refractivity contribution in [3.8, 4) is 17.2 Å². The number of pyridine rings is 3. The standard InChI is InChI=1S/C22H22N5O6P/c1-15(19-6-2-3-9-24-19)32-21-8-7-16(13-25-21)11-17-12-20(33-26-17)18-5-4-10-27(22(18)23)14-31-34(28,29)30/h2-10,12-13,15,23H,11,14H2,1H3,(H2,28,29,30)/p+1. The van der Waals surface area contributed by atoms with Crippen molar-refractivity contribution in [3.05, 3.63) is 84.1 Å². The second-order valence-electron chi connectivity index (χ2n) is 7.40. The summed E-state index contributed by atoms with van der Waals surface area (Å²) in [6.45, 7) is 1.50. The number of aromatic nitrogens is 4. The number of ether oxygens (including phenoxy) is 1. The van der Waals surface area contributed by atoms with E-state index in [0.717, 1.165) is 11.3 Å². The summed E-state index contributed by atoms with van der Waals surface area (Å²) in [5, 5.41) is 4.09. The van der Waals surface area contributed by atoms with Gasteiger partial charge in [0.15, 0.2) is 5.76 Å². The summed E-state index contributed by atoms with van der Waals surface area (Å²) < 4.78 is 28.1. The van der Waals surface area contributed by atoms with Gasteiger partial charge in [-0.25, -0.2) is 18.6 Å². The molecule has 0 radical (unpaired) electrons. The number of hydrogen-bond donors (Lipinski definition) is 3. The van der Waals surface area contributed by atoms with Gasteiger partial charge in [-0.05, 0) is 36.8 Å². The average molecular weight is 484 g/mol. The number of nitrogen functional groups attached to an aromatic ring is 1. The van der Waals surface area contributed by atoms with Crippen LogP contribution in [-0.2, 0) is 22.2 Å². The zero-order valence-electron chi connectivity index (χ0n) is 18.2. The summed E-state index contributed by atoms with van der Waals surface area (Å²) in [7, 11) is -4.63. The van der Waals surface area contributed by atoms with E-state index < -0.39 is 14.6 Å². The van der Waals surface area contributed by atoms with Gasteiger partial charge in [0.2, 0.25) is 12.6 Å². The van der Waals surface area contributed by atoms with Gasteiger partial charge in [0, 0.05) is 30.9 Å². The fourth-order valence-corrected chi connectivity index (χ4v) is 3.47. The molecule has 0 aliphatic heterocycles. The maximum absolute atomic E-state index is 11.0. The van der Waals surface area contributed by atoms with Crippen molar-refractivity contribution in [1.29, 1.82) is 0 Å². The lowest BCUT2D eigenvalue weighted by atomic mass is 10.1. The quantitative estimate of drug-likeness (QED) is 0.238. The summed E-state index contributed by atoms with van der Waals surface area (Å²) in [6.07, 6.45) is 5.20. The number of nitrogens with two attached hydrogens (primary N) is 1. The van der Waals surface area contributed by atoms with E-state index in [1.165, 1.54) is 10.8 Å². The fourth-order valence-electron chi connectivity index (χ4n) is 3.20. The fraction of sp³-hybridized carbons (Fsp3) is 0.182. The van der Waals surface area contributed by atoms with Crippen LogP contribution < -0.4 is 15.0 Å². The highest BCUT2D eigenvalue weighted by molar-refractivity contribution is 7.46. The van der Waals surface area contributed by atoms with Crippen LogP contribution in [0, 0.1) is 0 Å². The van der Waals surface area contributed by atoms with E-state index in [9.17, 15) is 4.57 Å². The predicted octanol–water partition coefficient (Wildman–Crippen LogP) is 2.80. The average Bonchev–Trinajstić information content (AvgIpc) is 3.28. The van der Waals surface area contributed by atoms with Crippen LogP contribution in [0.5, 0.6) is 5.88 Å². The zero-order chi connectivity index (χ0) is 24.1. The van der Waals surface area contributed by atoms with E-state index in [1.807, 2.05) is 31.2 Å². The van der Waals surface area contributed by atoms with E-state index in [4.69, 9.17) is 24.8 Å². The van der Waals surface area contributed by atoms with Crippen LogP contribution in [0.15, 0.2) is 71.6 Å². The maximum atomic E-state index is 11.0. The van der Waals surface area contributed by atoms with Gasteiger partial charge in [-0.2, -0.15) is 0 Å². The van der Waals surface area contributed by atoms with Gasteiger partial charge in [-0.3, -0.25) is 10.7 Å². The molecule has 4 heterocycles. The van der Waals surface area contributed by atoms with Gasteiger partial charge in [0.25, 0.3) is 5.82 Å². The molecule has 0 aromatic carbocycles. The van der Waals surface area contributed by atoms with Crippen LogP contribution in [0.1, 0.15) is 30.0 Å². The van der Waals surface area contributed by atoms with E-state index in [2.05, 4.69) is 19.6 Å². The van der Waals surface area contributed by atoms with Crippen molar-refractivity contribution >= 4 is 13.6 Å². The first-order valence-electron chi connectivity index (χ1n) is 10.2. The van der Waals surface area contributed by atoms with E-state index >= 15 is 0 Å². The molecule has 11 nitrogen and oxygen atoms in total. The lowest BCUT2D eigenvalue weighted by Gasteiger charge is -2.13. The van der Waals surface area contributed by atoms with Crippen molar-refractivity contribution in [2.45, 2.75) is 26.2 Å². The van der Waals surface area contributed by atoms with Crippen molar-refractivity contribution in [1.82, 2.24) is 15.1 Å². The Bertz CT molecular complexity index is 1290. The molecule has 4 aromatic heterocycles. The molecular formula is C22H23N5O6P+. The first-order valence-corrected chi connectivity index (χ1v) is 11.8. The topological polar surface area (TPSA) is 158 Å². The second-order valence-corrected chi connectivity index (χ2v) is 8.64. The predicted molar refractivity (Wildman–Crippen MR) is 120 cm³/mol. The van der Waals surface area contributed by atoms with Crippen molar-refractivity contribution in [2.75, 3.05) is 5.73 Å². The Kier molecular flexibility index (Phi) is 6.99. The lowest BCUT2D eigenvalue weighted by molar-refractivity contribution is -0.711. The molecule has 0 amide bonds. The molecule has 4 rings (SSSR count). The highest BCUT2D eigenvalue weighted by Gasteiger charge is 2.21. The summed E-state index contributed by atoms with van der Waals surface area (Å²) in [5.41, 5.74) is 9.02. The zero-order valence-corrected chi connectivity index (χ0v) is 19.1. The molecule has 4 aromatic rings. The smallest absolute Gasteiger partial charge is 0.468 e. The summed E-state index contributed by atoms with van der Waals surface area (Å²) in [6, 6.07) is 14.4. The summed E-state index contributed by atoms with van der Waals surface area (Å²) in [5.74, 6) is 1.11. The Balaban J connectivity index is 1.42. The molecule has 12 heteroatoms. The Labute approximate surface area is 195 Å². The summed E-state index contributed by atoms with van der Waals surface area (Å²) in [4.78, 5) is 26.5. The normalized spacial score (nSPS) is 12.4. The minimum absolute atomic E-state index is 0.212. The van der Waals surface area contributed by atoms with Gasteiger partial charge in [-0.1, -0.05) is 17.3 Å². The number of anilines is 1. The number of hydrogen-bond acceptors (Lipinski definition) is 8. The number of phosphoric acid groups is 1. The third-order valence-electron chi connectivity index (χ3n) is 4.89. The minimum Gasteiger partial charge on any atom is -0.468 e. The highest BCUT2D eigenvalue weighted by Crippen LogP contribution is 2.35.